The zero-order chi connectivity index (χ0) is 18.2. The highest BCUT2D eigenvalue weighted by Gasteiger charge is 2.27. The van der Waals surface area contributed by atoms with Gasteiger partial charge in [0.2, 0.25) is 5.91 Å². The summed E-state index contributed by atoms with van der Waals surface area (Å²) in [5.74, 6) is 0.871. The minimum Gasteiger partial charge on any atom is -0.484 e. The van der Waals surface area contributed by atoms with Crippen molar-refractivity contribution in [3.05, 3.63) is 60.4 Å². The van der Waals surface area contributed by atoms with Crippen molar-refractivity contribution >= 4 is 11.8 Å². The number of para-hydroxylation sites is 1. The molecule has 1 saturated heterocycles. The van der Waals surface area contributed by atoms with E-state index in [1.807, 2.05) is 42.5 Å². The van der Waals surface area contributed by atoms with Crippen molar-refractivity contribution in [2.45, 2.75) is 19.4 Å². The number of carbonyl (C=O) groups excluding carboxylic acids is 2. The van der Waals surface area contributed by atoms with E-state index in [1.165, 1.54) is 0 Å². The van der Waals surface area contributed by atoms with E-state index < -0.39 is 0 Å². The van der Waals surface area contributed by atoms with Crippen molar-refractivity contribution in [2.24, 2.45) is 5.92 Å². The van der Waals surface area contributed by atoms with E-state index in [-0.39, 0.29) is 24.3 Å². The third kappa shape index (κ3) is 5.31. The number of benzene rings is 1. The maximum absolute atomic E-state index is 12.3. The molecule has 136 valence electrons. The molecule has 0 aliphatic carbocycles. The van der Waals surface area contributed by atoms with Gasteiger partial charge in [0, 0.05) is 38.4 Å². The Kier molecular flexibility index (Phi) is 6.19. The molecule has 1 fully saturated rings. The Labute approximate surface area is 153 Å². The summed E-state index contributed by atoms with van der Waals surface area (Å²) in [7, 11) is 0. The van der Waals surface area contributed by atoms with E-state index in [9.17, 15) is 9.59 Å². The van der Waals surface area contributed by atoms with Gasteiger partial charge in [0.05, 0.1) is 0 Å². The fourth-order valence-electron chi connectivity index (χ4n) is 3.01. The third-order valence-corrected chi connectivity index (χ3v) is 4.46. The molecule has 0 radical (unpaired) electrons. The summed E-state index contributed by atoms with van der Waals surface area (Å²) < 4.78 is 5.51. The summed E-state index contributed by atoms with van der Waals surface area (Å²) in [6.07, 6.45) is 4.70. The maximum Gasteiger partial charge on any atom is 0.260 e. The lowest BCUT2D eigenvalue weighted by molar-refractivity contribution is -0.132. The standard InChI is InChI=1S/C20H23N3O3/c24-19(22-13-16-6-9-21-10-7-16)12-17-8-11-23(14-17)20(25)15-26-18-4-2-1-3-5-18/h1-7,9-10,17H,8,11-15H2,(H,22,24). The Hall–Kier alpha value is -2.89. The average molecular weight is 353 g/mol. The van der Waals surface area contributed by atoms with E-state index in [2.05, 4.69) is 10.3 Å². The third-order valence-electron chi connectivity index (χ3n) is 4.46. The highest BCUT2D eigenvalue weighted by molar-refractivity contribution is 5.79. The van der Waals surface area contributed by atoms with Crippen LogP contribution in [0.5, 0.6) is 5.75 Å². The molecule has 0 bridgehead atoms. The molecule has 3 rings (SSSR count). The van der Waals surface area contributed by atoms with Gasteiger partial charge >= 0.3 is 0 Å². The molecule has 0 saturated carbocycles. The Morgan fingerprint density at radius 1 is 1.15 bits per heavy atom. The fourth-order valence-corrected chi connectivity index (χ4v) is 3.01. The van der Waals surface area contributed by atoms with Crippen molar-refractivity contribution in [3.63, 3.8) is 0 Å². The second-order valence-corrected chi connectivity index (χ2v) is 6.43. The van der Waals surface area contributed by atoms with Gasteiger partial charge in [-0.1, -0.05) is 18.2 Å². The first-order chi connectivity index (χ1) is 12.7. The average Bonchev–Trinajstić information content (AvgIpc) is 3.14. The van der Waals surface area contributed by atoms with Crippen molar-refractivity contribution < 1.29 is 14.3 Å². The molecule has 1 aliphatic rings. The van der Waals surface area contributed by atoms with Gasteiger partial charge in [0.25, 0.3) is 5.91 Å². The first-order valence-electron chi connectivity index (χ1n) is 8.82. The molecule has 6 heteroatoms. The van der Waals surface area contributed by atoms with Gasteiger partial charge in [0.15, 0.2) is 6.61 Å². The number of amides is 2. The number of hydrogen-bond donors (Lipinski definition) is 1. The van der Waals surface area contributed by atoms with Crippen LogP contribution in [0.25, 0.3) is 0 Å². The van der Waals surface area contributed by atoms with Gasteiger partial charge < -0.3 is 15.0 Å². The molecule has 1 aliphatic heterocycles. The second kappa shape index (κ2) is 8.99. The minimum atomic E-state index is -0.0338. The molecule has 1 N–H and O–H groups in total. The van der Waals surface area contributed by atoms with E-state index in [0.29, 0.717) is 31.8 Å². The van der Waals surface area contributed by atoms with Crippen LogP contribution in [0.4, 0.5) is 0 Å². The summed E-state index contributed by atoms with van der Waals surface area (Å²) in [6.45, 7) is 1.82. The van der Waals surface area contributed by atoms with E-state index in [0.717, 1.165) is 12.0 Å². The number of ether oxygens (including phenoxy) is 1. The van der Waals surface area contributed by atoms with Gasteiger partial charge in [-0.15, -0.1) is 0 Å². The van der Waals surface area contributed by atoms with Crippen molar-refractivity contribution in [3.8, 4) is 5.75 Å². The first kappa shape index (κ1) is 17.9. The van der Waals surface area contributed by atoms with Gasteiger partial charge in [0.1, 0.15) is 5.75 Å². The minimum absolute atomic E-state index is 0.0154. The quantitative estimate of drug-likeness (QED) is 0.827. The molecule has 1 aromatic heterocycles. The number of aromatic nitrogens is 1. The molecule has 2 amide bonds. The lowest BCUT2D eigenvalue weighted by atomic mass is 10.0. The van der Waals surface area contributed by atoms with Crippen molar-refractivity contribution in [1.29, 1.82) is 0 Å². The van der Waals surface area contributed by atoms with Crippen molar-refractivity contribution in [2.75, 3.05) is 19.7 Å². The summed E-state index contributed by atoms with van der Waals surface area (Å²) in [5.41, 5.74) is 1.02. The van der Waals surface area contributed by atoms with Gasteiger partial charge in [-0.3, -0.25) is 14.6 Å². The number of nitrogens with one attached hydrogen (secondary N) is 1. The number of pyridine rings is 1. The zero-order valence-electron chi connectivity index (χ0n) is 14.6. The van der Waals surface area contributed by atoms with Crippen LogP contribution in [0, 0.1) is 5.92 Å². The lowest BCUT2D eigenvalue weighted by Crippen LogP contribution is -2.33. The van der Waals surface area contributed by atoms with Gasteiger partial charge in [-0.25, -0.2) is 0 Å². The largest absolute Gasteiger partial charge is 0.484 e. The van der Waals surface area contributed by atoms with Crippen LogP contribution in [0.1, 0.15) is 18.4 Å². The van der Waals surface area contributed by atoms with Crippen LogP contribution >= 0.6 is 0 Å². The van der Waals surface area contributed by atoms with Crippen LogP contribution in [0.15, 0.2) is 54.9 Å². The SMILES string of the molecule is O=C(CC1CCN(C(=O)COc2ccccc2)C1)NCc1ccncc1. The molecule has 1 aromatic carbocycles. The molecule has 0 spiro atoms. The zero-order valence-corrected chi connectivity index (χ0v) is 14.6. The highest BCUT2D eigenvalue weighted by atomic mass is 16.5. The van der Waals surface area contributed by atoms with Crippen LogP contribution in [-0.4, -0.2) is 41.4 Å². The molecule has 2 aromatic rings. The van der Waals surface area contributed by atoms with Crippen LogP contribution < -0.4 is 10.1 Å². The Morgan fingerprint density at radius 2 is 1.92 bits per heavy atom. The number of rotatable bonds is 7. The van der Waals surface area contributed by atoms with E-state index in [4.69, 9.17) is 4.74 Å². The summed E-state index contributed by atoms with van der Waals surface area (Å²) >= 11 is 0. The molecule has 26 heavy (non-hydrogen) atoms. The summed E-state index contributed by atoms with van der Waals surface area (Å²) in [6, 6.07) is 13.1. The normalized spacial score (nSPS) is 16.3. The first-order valence-corrected chi connectivity index (χ1v) is 8.82. The number of carbonyl (C=O) groups is 2. The van der Waals surface area contributed by atoms with Gasteiger partial charge in [-0.2, -0.15) is 0 Å². The van der Waals surface area contributed by atoms with Crippen LogP contribution in [-0.2, 0) is 16.1 Å². The summed E-state index contributed by atoms with van der Waals surface area (Å²) in [5, 5.41) is 2.92. The van der Waals surface area contributed by atoms with Gasteiger partial charge in [-0.05, 0) is 42.2 Å². The predicted molar refractivity (Wildman–Crippen MR) is 97.3 cm³/mol. The molecule has 2 heterocycles. The second-order valence-electron chi connectivity index (χ2n) is 6.43. The predicted octanol–water partition coefficient (Wildman–Crippen LogP) is 2.02. The summed E-state index contributed by atoms with van der Waals surface area (Å²) in [4.78, 5) is 30.1. The molecule has 1 atom stereocenters. The molecule has 1 unspecified atom stereocenters. The molecular formula is C20H23N3O3. The number of nitrogens with zero attached hydrogens (tertiary/aromatic N) is 2. The Morgan fingerprint density at radius 3 is 2.69 bits per heavy atom. The topological polar surface area (TPSA) is 71.5 Å². The van der Waals surface area contributed by atoms with E-state index in [1.54, 1.807) is 17.3 Å². The number of hydrogen-bond acceptors (Lipinski definition) is 4. The fraction of sp³-hybridized carbons (Fsp3) is 0.350. The van der Waals surface area contributed by atoms with Crippen LogP contribution in [0.2, 0.25) is 0 Å². The monoisotopic (exact) mass is 353 g/mol. The maximum atomic E-state index is 12.3. The molecular weight excluding hydrogens is 330 g/mol. The Balaban J connectivity index is 1.37. The van der Waals surface area contributed by atoms with Crippen molar-refractivity contribution in [1.82, 2.24) is 15.2 Å². The van der Waals surface area contributed by atoms with E-state index >= 15 is 0 Å². The molecule has 6 nitrogen and oxygen atoms in total. The highest BCUT2D eigenvalue weighted by Crippen LogP contribution is 2.20. The Bertz CT molecular complexity index is 722. The van der Waals surface area contributed by atoms with Crippen LogP contribution in [0.3, 0.4) is 0 Å². The smallest absolute Gasteiger partial charge is 0.260 e. The lowest BCUT2D eigenvalue weighted by Gasteiger charge is -2.17. The number of likely N-dealkylation sites (tertiary alicyclic amines) is 1.